The number of hydrogen-bond acceptors (Lipinski definition) is 4. The molecule has 1 aliphatic carbocycles. The summed E-state index contributed by atoms with van der Waals surface area (Å²) >= 11 is 0. The molecule has 0 saturated heterocycles. The number of pyridine rings is 1. The van der Waals surface area contributed by atoms with Crippen molar-refractivity contribution < 1.29 is 9.59 Å². The van der Waals surface area contributed by atoms with E-state index in [4.69, 9.17) is 0 Å². The van der Waals surface area contributed by atoms with Gasteiger partial charge in [0.15, 0.2) is 5.78 Å². The number of rotatable bonds is 3. The van der Waals surface area contributed by atoms with Gasteiger partial charge in [-0.25, -0.2) is 4.98 Å². The third kappa shape index (κ3) is 3.36. The SMILES string of the molecule is CC1=C(C(=O)Nc2cccc(C)n2)[C@H](c2ccccc2)C2=C(CCCC2=O)N1. The average Bonchev–Trinajstić information content (AvgIpc) is 2.67. The minimum Gasteiger partial charge on any atom is -0.362 e. The van der Waals surface area contributed by atoms with Crippen molar-refractivity contribution in [2.24, 2.45) is 0 Å². The summed E-state index contributed by atoms with van der Waals surface area (Å²) in [6.07, 6.45) is 2.20. The maximum atomic E-state index is 13.3. The molecule has 2 aliphatic rings. The summed E-state index contributed by atoms with van der Waals surface area (Å²) in [7, 11) is 0. The van der Waals surface area contributed by atoms with Crippen molar-refractivity contribution in [1.29, 1.82) is 0 Å². The molecule has 28 heavy (non-hydrogen) atoms. The molecule has 0 spiro atoms. The molecule has 2 aromatic rings. The van der Waals surface area contributed by atoms with Gasteiger partial charge < -0.3 is 10.6 Å². The second-order valence-electron chi connectivity index (χ2n) is 7.29. The first-order valence-electron chi connectivity index (χ1n) is 9.58. The number of nitrogens with zero attached hydrogens (tertiary/aromatic N) is 1. The molecular weight excluding hydrogens is 350 g/mol. The highest BCUT2D eigenvalue weighted by atomic mass is 16.2. The zero-order valence-corrected chi connectivity index (χ0v) is 16.1. The largest absolute Gasteiger partial charge is 0.362 e. The van der Waals surface area contributed by atoms with E-state index in [0.29, 0.717) is 17.8 Å². The molecule has 2 heterocycles. The third-order valence-corrected chi connectivity index (χ3v) is 5.28. The van der Waals surface area contributed by atoms with Crippen LogP contribution in [0.15, 0.2) is 71.1 Å². The van der Waals surface area contributed by atoms with Crippen LogP contribution in [0.4, 0.5) is 5.82 Å². The van der Waals surface area contributed by atoms with E-state index in [1.54, 1.807) is 6.07 Å². The fraction of sp³-hybridized carbons (Fsp3) is 0.261. The first-order chi connectivity index (χ1) is 13.5. The molecule has 1 atom stereocenters. The van der Waals surface area contributed by atoms with Crippen molar-refractivity contribution in [3.63, 3.8) is 0 Å². The molecule has 0 unspecified atom stereocenters. The van der Waals surface area contributed by atoms with Crippen LogP contribution >= 0.6 is 0 Å². The third-order valence-electron chi connectivity index (χ3n) is 5.28. The molecule has 1 aromatic heterocycles. The van der Waals surface area contributed by atoms with E-state index < -0.39 is 0 Å². The van der Waals surface area contributed by atoms with Crippen molar-refractivity contribution in [3.8, 4) is 0 Å². The van der Waals surface area contributed by atoms with Crippen LogP contribution in [0, 0.1) is 6.92 Å². The Bertz CT molecular complexity index is 1010. The van der Waals surface area contributed by atoms with Gasteiger partial charge in [0.25, 0.3) is 5.91 Å². The fourth-order valence-corrected chi connectivity index (χ4v) is 4.06. The smallest absolute Gasteiger partial charge is 0.255 e. The van der Waals surface area contributed by atoms with Gasteiger partial charge in [-0.05, 0) is 44.4 Å². The van der Waals surface area contributed by atoms with Crippen molar-refractivity contribution in [1.82, 2.24) is 10.3 Å². The lowest BCUT2D eigenvalue weighted by molar-refractivity contribution is -0.116. The topological polar surface area (TPSA) is 71.1 Å². The summed E-state index contributed by atoms with van der Waals surface area (Å²) in [5.41, 5.74) is 4.82. The Kier molecular flexibility index (Phi) is 4.82. The number of hydrogen-bond donors (Lipinski definition) is 2. The Hall–Kier alpha value is -3.21. The number of benzene rings is 1. The predicted molar refractivity (Wildman–Crippen MR) is 109 cm³/mol. The number of ketones is 1. The number of amides is 1. The van der Waals surface area contributed by atoms with Crippen LogP contribution in [0.25, 0.3) is 0 Å². The van der Waals surface area contributed by atoms with Crippen LogP contribution in [-0.2, 0) is 9.59 Å². The monoisotopic (exact) mass is 373 g/mol. The summed E-state index contributed by atoms with van der Waals surface area (Å²) in [6, 6.07) is 15.3. The van der Waals surface area contributed by atoms with Crippen molar-refractivity contribution in [2.75, 3.05) is 5.32 Å². The zero-order valence-electron chi connectivity index (χ0n) is 16.1. The quantitative estimate of drug-likeness (QED) is 0.853. The summed E-state index contributed by atoms with van der Waals surface area (Å²) in [5, 5.41) is 6.24. The number of allylic oxidation sites excluding steroid dienone is 3. The summed E-state index contributed by atoms with van der Waals surface area (Å²) in [6.45, 7) is 3.78. The van der Waals surface area contributed by atoms with Crippen molar-refractivity contribution >= 4 is 17.5 Å². The maximum Gasteiger partial charge on any atom is 0.255 e. The van der Waals surface area contributed by atoms with E-state index in [1.807, 2.05) is 56.3 Å². The number of aryl methyl sites for hydroxylation is 1. The second-order valence-corrected chi connectivity index (χ2v) is 7.29. The van der Waals surface area contributed by atoms with Gasteiger partial charge in [0.1, 0.15) is 5.82 Å². The van der Waals surface area contributed by atoms with Gasteiger partial charge in [0.05, 0.1) is 0 Å². The van der Waals surface area contributed by atoms with Gasteiger partial charge in [0, 0.05) is 40.6 Å². The lowest BCUT2D eigenvalue weighted by Gasteiger charge is -2.34. The van der Waals surface area contributed by atoms with E-state index in [-0.39, 0.29) is 17.6 Å². The van der Waals surface area contributed by atoms with Gasteiger partial charge in [-0.15, -0.1) is 0 Å². The van der Waals surface area contributed by atoms with Crippen LogP contribution in [0.1, 0.15) is 43.4 Å². The highest BCUT2D eigenvalue weighted by Crippen LogP contribution is 2.42. The van der Waals surface area contributed by atoms with Gasteiger partial charge in [-0.1, -0.05) is 36.4 Å². The Morgan fingerprint density at radius 1 is 1.07 bits per heavy atom. The van der Waals surface area contributed by atoms with Crippen LogP contribution in [0.2, 0.25) is 0 Å². The second kappa shape index (κ2) is 7.43. The van der Waals surface area contributed by atoms with Crippen LogP contribution in [-0.4, -0.2) is 16.7 Å². The average molecular weight is 373 g/mol. The van der Waals surface area contributed by atoms with Crippen molar-refractivity contribution in [3.05, 3.63) is 82.3 Å². The number of aromatic nitrogens is 1. The first-order valence-corrected chi connectivity index (χ1v) is 9.58. The summed E-state index contributed by atoms with van der Waals surface area (Å²) in [4.78, 5) is 30.5. The lowest BCUT2D eigenvalue weighted by Crippen LogP contribution is -2.35. The zero-order chi connectivity index (χ0) is 19.7. The van der Waals surface area contributed by atoms with Crippen LogP contribution < -0.4 is 10.6 Å². The molecule has 2 N–H and O–H groups in total. The molecule has 1 amide bonds. The van der Waals surface area contributed by atoms with Gasteiger partial charge in [0.2, 0.25) is 0 Å². The normalized spacial score (nSPS) is 19.2. The maximum absolute atomic E-state index is 13.3. The van der Waals surface area contributed by atoms with E-state index in [1.165, 1.54) is 0 Å². The van der Waals surface area contributed by atoms with Crippen molar-refractivity contribution in [2.45, 2.75) is 39.0 Å². The van der Waals surface area contributed by atoms with E-state index in [0.717, 1.165) is 41.1 Å². The molecule has 142 valence electrons. The standard InChI is InChI=1S/C23H23N3O2/c1-14-8-6-13-19(24-14)26-23(28)20-15(2)25-17-11-7-12-18(27)22(17)21(20)16-9-4-3-5-10-16/h3-6,8-10,13,21,25H,7,11-12H2,1-2H3,(H,24,26,28)/t21-/m0/s1. The van der Waals surface area contributed by atoms with E-state index >= 15 is 0 Å². The lowest BCUT2D eigenvalue weighted by atomic mass is 9.75. The van der Waals surface area contributed by atoms with Gasteiger partial charge in [-0.3, -0.25) is 9.59 Å². The Morgan fingerprint density at radius 3 is 2.61 bits per heavy atom. The molecule has 1 aromatic carbocycles. The molecule has 5 heteroatoms. The number of dihydropyridines is 1. The Morgan fingerprint density at radius 2 is 1.86 bits per heavy atom. The molecule has 0 radical (unpaired) electrons. The van der Waals surface area contributed by atoms with Crippen LogP contribution in [0.5, 0.6) is 0 Å². The first kappa shape index (κ1) is 18.2. The Balaban J connectivity index is 1.77. The van der Waals surface area contributed by atoms with E-state index in [2.05, 4.69) is 15.6 Å². The van der Waals surface area contributed by atoms with Gasteiger partial charge >= 0.3 is 0 Å². The van der Waals surface area contributed by atoms with E-state index in [9.17, 15) is 9.59 Å². The Labute approximate surface area is 164 Å². The number of Topliss-reactive ketones (excluding diaryl/α,β-unsaturated/α-hetero) is 1. The molecular formula is C23H23N3O2. The number of carbonyl (C=O) groups excluding carboxylic acids is 2. The molecule has 0 fully saturated rings. The molecule has 4 rings (SSSR count). The summed E-state index contributed by atoms with van der Waals surface area (Å²) in [5.74, 6) is 0.0258. The molecule has 5 nitrogen and oxygen atoms in total. The number of anilines is 1. The highest BCUT2D eigenvalue weighted by molar-refractivity contribution is 6.09. The highest BCUT2D eigenvalue weighted by Gasteiger charge is 2.38. The summed E-state index contributed by atoms with van der Waals surface area (Å²) < 4.78 is 0. The van der Waals surface area contributed by atoms with Gasteiger partial charge in [-0.2, -0.15) is 0 Å². The van der Waals surface area contributed by atoms with Crippen LogP contribution in [0.3, 0.4) is 0 Å². The molecule has 0 saturated carbocycles. The molecule has 0 bridgehead atoms. The minimum absolute atomic E-state index is 0.120. The fourth-order valence-electron chi connectivity index (χ4n) is 4.06. The number of nitrogens with one attached hydrogen (secondary N) is 2. The predicted octanol–water partition coefficient (Wildman–Crippen LogP) is 4.00. The number of carbonyl (C=O) groups is 2. The molecule has 1 aliphatic heterocycles. The minimum atomic E-state index is -0.366.